The Bertz CT molecular complexity index is 1260. The van der Waals surface area contributed by atoms with E-state index in [1.54, 1.807) is 7.11 Å². The van der Waals surface area contributed by atoms with Crippen LogP contribution in [0.2, 0.25) is 0 Å². The Morgan fingerprint density at radius 2 is 1.82 bits per heavy atom. The van der Waals surface area contributed by atoms with Crippen LogP contribution in [-0.2, 0) is 0 Å². The number of benzene rings is 3. The highest BCUT2D eigenvalue weighted by Crippen LogP contribution is 2.52. The molecule has 0 saturated carbocycles. The molecule has 3 atom stereocenters. The normalized spacial score (nSPS) is 23.7. The lowest BCUT2D eigenvalue weighted by atomic mass is 9.75. The summed E-state index contributed by atoms with van der Waals surface area (Å²) in [5, 5.41) is 6.33. The average Bonchev–Trinajstić information content (AvgIpc) is 3.22. The van der Waals surface area contributed by atoms with Gasteiger partial charge in [-0.2, -0.15) is 0 Å². The summed E-state index contributed by atoms with van der Waals surface area (Å²) < 4.78 is 5.86. The number of hydrogen-bond donors (Lipinski definition) is 1. The molecule has 0 bridgehead atoms. The molecule has 3 aromatic carbocycles. The molecule has 0 aromatic heterocycles. The first-order chi connectivity index (χ1) is 16.7. The van der Waals surface area contributed by atoms with Crippen LogP contribution in [0.4, 0.5) is 5.69 Å². The summed E-state index contributed by atoms with van der Waals surface area (Å²) in [6, 6.07) is 19.2. The summed E-state index contributed by atoms with van der Waals surface area (Å²) in [6.07, 6.45) is 10.3. The van der Waals surface area contributed by atoms with Gasteiger partial charge in [0.25, 0.3) is 5.91 Å². The maximum atomic E-state index is 13.3. The second-order valence-corrected chi connectivity index (χ2v) is 9.89. The number of nitrogens with one attached hydrogen (secondary N) is 1. The van der Waals surface area contributed by atoms with Crippen LogP contribution in [0.25, 0.3) is 10.8 Å². The first kappa shape index (κ1) is 21.3. The smallest absolute Gasteiger partial charge is 0.253 e. The van der Waals surface area contributed by atoms with Crippen LogP contribution in [-0.4, -0.2) is 31.0 Å². The van der Waals surface area contributed by atoms with E-state index in [9.17, 15) is 4.79 Å². The SMILES string of the molecule is COc1ccc2ccccc2c1C1Nc2ccc(C(=O)N3CCCCCC3)cc2C2C=CCC21. The third-order valence-corrected chi connectivity index (χ3v) is 7.96. The van der Waals surface area contributed by atoms with E-state index in [4.69, 9.17) is 4.74 Å². The Hall–Kier alpha value is -3.27. The summed E-state index contributed by atoms with van der Waals surface area (Å²) in [7, 11) is 1.76. The van der Waals surface area contributed by atoms with Gasteiger partial charge in [0.1, 0.15) is 5.75 Å². The van der Waals surface area contributed by atoms with Crippen LogP contribution in [0.1, 0.15) is 65.5 Å². The van der Waals surface area contributed by atoms with Crippen LogP contribution in [0, 0.1) is 5.92 Å². The van der Waals surface area contributed by atoms with Crippen LogP contribution >= 0.6 is 0 Å². The molecule has 3 unspecified atom stereocenters. The topological polar surface area (TPSA) is 41.6 Å². The van der Waals surface area contributed by atoms with Crippen LogP contribution in [0.5, 0.6) is 5.75 Å². The summed E-state index contributed by atoms with van der Waals surface area (Å²) >= 11 is 0. The lowest BCUT2D eigenvalue weighted by Gasteiger charge is -2.38. The van der Waals surface area contributed by atoms with Crippen LogP contribution in [0.15, 0.2) is 66.7 Å². The number of carbonyl (C=O) groups is 1. The van der Waals surface area contributed by atoms with Gasteiger partial charge in [-0.15, -0.1) is 0 Å². The average molecular weight is 453 g/mol. The van der Waals surface area contributed by atoms with Crippen molar-refractivity contribution in [2.24, 2.45) is 5.92 Å². The predicted octanol–water partition coefficient (Wildman–Crippen LogP) is 6.69. The number of hydrogen-bond acceptors (Lipinski definition) is 3. The quantitative estimate of drug-likeness (QED) is 0.450. The van der Waals surface area contributed by atoms with Crippen LogP contribution in [0.3, 0.4) is 0 Å². The number of anilines is 1. The van der Waals surface area contributed by atoms with Crippen molar-refractivity contribution in [2.75, 3.05) is 25.5 Å². The van der Waals surface area contributed by atoms with Crippen LogP contribution < -0.4 is 10.1 Å². The van der Waals surface area contributed by atoms with Gasteiger partial charge in [0.05, 0.1) is 13.2 Å². The van der Waals surface area contributed by atoms with Crippen molar-refractivity contribution in [1.29, 1.82) is 0 Å². The first-order valence-corrected chi connectivity index (χ1v) is 12.7. The predicted molar refractivity (Wildman–Crippen MR) is 138 cm³/mol. The molecule has 1 saturated heterocycles. The van der Waals surface area contributed by atoms with Gasteiger partial charge >= 0.3 is 0 Å². The molecule has 1 N–H and O–H groups in total. The van der Waals surface area contributed by atoms with Crippen molar-refractivity contribution in [3.8, 4) is 5.75 Å². The molecule has 4 nitrogen and oxygen atoms in total. The highest BCUT2D eigenvalue weighted by molar-refractivity contribution is 5.95. The van der Waals surface area contributed by atoms with E-state index >= 15 is 0 Å². The lowest BCUT2D eigenvalue weighted by Crippen LogP contribution is -2.33. The monoisotopic (exact) mass is 452 g/mol. The van der Waals surface area contributed by atoms with E-state index in [2.05, 4.69) is 70.9 Å². The number of ether oxygens (including phenoxy) is 1. The molecule has 6 rings (SSSR count). The van der Waals surface area contributed by atoms with E-state index in [1.807, 2.05) is 6.07 Å². The summed E-state index contributed by atoms with van der Waals surface area (Å²) in [4.78, 5) is 15.4. The zero-order valence-corrected chi connectivity index (χ0v) is 19.8. The van der Waals surface area contributed by atoms with Gasteiger partial charge < -0.3 is 15.0 Å². The number of likely N-dealkylation sites (tertiary alicyclic amines) is 1. The fraction of sp³-hybridized carbons (Fsp3) is 0.367. The minimum Gasteiger partial charge on any atom is -0.496 e. The summed E-state index contributed by atoms with van der Waals surface area (Å²) in [5.41, 5.74) is 4.42. The lowest BCUT2D eigenvalue weighted by molar-refractivity contribution is 0.0761. The van der Waals surface area contributed by atoms with E-state index in [0.29, 0.717) is 11.8 Å². The number of carbonyl (C=O) groups excluding carboxylic acids is 1. The van der Waals surface area contributed by atoms with Gasteiger partial charge in [0, 0.05) is 35.8 Å². The molecule has 0 radical (unpaired) electrons. The van der Waals surface area contributed by atoms with Crippen molar-refractivity contribution in [3.63, 3.8) is 0 Å². The Morgan fingerprint density at radius 1 is 1.00 bits per heavy atom. The van der Waals surface area contributed by atoms with E-state index < -0.39 is 0 Å². The first-order valence-electron chi connectivity index (χ1n) is 12.7. The maximum Gasteiger partial charge on any atom is 0.253 e. The number of amides is 1. The molecule has 2 aliphatic heterocycles. The van der Waals surface area contributed by atoms with E-state index in [1.165, 1.54) is 34.7 Å². The van der Waals surface area contributed by atoms with E-state index in [-0.39, 0.29) is 11.9 Å². The summed E-state index contributed by atoms with van der Waals surface area (Å²) in [5.74, 6) is 1.79. The summed E-state index contributed by atoms with van der Waals surface area (Å²) in [6.45, 7) is 1.76. The highest BCUT2D eigenvalue weighted by Gasteiger charge is 2.40. The third-order valence-electron chi connectivity index (χ3n) is 7.96. The molecule has 4 heteroatoms. The molecule has 3 aliphatic rings. The fourth-order valence-corrected chi connectivity index (χ4v) is 6.24. The molecule has 1 fully saturated rings. The molecule has 3 aromatic rings. The minimum atomic E-state index is 0.140. The number of allylic oxidation sites excluding steroid dienone is 2. The fourth-order valence-electron chi connectivity index (χ4n) is 6.24. The zero-order valence-electron chi connectivity index (χ0n) is 19.8. The maximum absolute atomic E-state index is 13.3. The van der Waals surface area contributed by atoms with Crippen molar-refractivity contribution in [1.82, 2.24) is 4.90 Å². The Labute approximate surface area is 201 Å². The standard InChI is InChI=1S/C30H32N2O2/c1-34-27-16-14-20-9-4-5-10-22(20)28(27)29-24-12-8-11-23(24)25-19-21(13-15-26(25)31-29)30(33)32-17-6-2-3-7-18-32/h4-5,8-11,13-16,19,23-24,29,31H,2-3,6-7,12,17-18H2,1H3. The molecule has 2 heterocycles. The van der Waals surface area contributed by atoms with Gasteiger partial charge in [0.2, 0.25) is 0 Å². The molecule has 34 heavy (non-hydrogen) atoms. The Balaban J connectivity index is 1.39. The second-order valence-electron chi connectivity index (χ2n) is 9.89. The van der Waals surface area contributed by atoms with Gasteiger partial charge in [-0.1, -0.05) is 55.3 Å². The number of nitrogens with zero attached hydrogens (tertiary/aromatic N) is 1. The Kier molecular flexibility index (Phi) is 5.52. The molecular weight excluding hydrogens is 420 g/mol. The van der Waals surface area contributed by atoms with Gasteiger partial charge in [-0.3, -0.25) is 4.79 Å². The second kappa shape index (κ2) is 8.83. The molecule has 1 aliphatic carbocycles. The van der Waals surface area contributed by atoms with Gasteiger partial charge in [0.15, 0.2) is 0 Å². The number of fused-ring (bicyclic) bond motifs is 4. The third kappa shape index (κ3) is 3.56. The van der Waals surface area contributed by atoms with Gasteiger partial charge in [-0.25, -0.2) is 0 Å². The largest absolute Gasteiger partial charge is 0.496 e. The molecule has 174 valence electrons. The molecular formula is C30H32N2O2. The van der Waals surface area contributed by atoms with Crippen molar-refractivity contribution in [3.05, 3.63) is 83.4 Å². The van der Waals surface area contributed by atoms with Crippen molar-refractivity contribution < 1.29 is 9.53 Å². The number of methoxy groups -OCH3 is 1. The minimum absolute atomic E-state index is 0.140. The van der Waals surface area contributed by atoms with E-state index in [0.717, 1.165) is 49.4 Å². The van der Waals surface area contributed by atoms with Crippen molar-refractivity contribution in [2.45, 2.75) is 44.1 Å². The van der Waals surface area contributed by atoms with Crippen molar-refractivity contribution >= 4 is 22.4 Å². The highest BCUT2D eigenvalue weighted by atomic mass is 16.5. The van der Waals surface area contributed by atoms with Gasteiger partial charge in [-0.05, 0) is 65.8 Å². The Morgan fingerprint density at radius 3 is 2.65 bits per heavy atom. The molecule has 1 amide bonds. The zero-order chi connectivity index (χ0) is 23.1. The number of rotatable bonds is 3. The molecule has 0 spiro atoms.